The molecule has 0 aromatic carbocycles. The van der Waals surface area contributed by atoms with Crippen LogP contribution in [-0.4, -0.2) is 48.6 Å². The maximum absolute atomic E-state index is 11.9. The third-order valence-electron chi connectivity index (χ3n) is 2.88. The molecule has 1 unspecified atom stereocenters. The number of nitrogens with zero attached hydrogens (tertiary/aromatic N) is 1. The molecule has 5 heteroatoms. The third kappa shape index (κ3) is 4.64. The normalized spacial score (nSPS) is 22.6. The zero-order chi connectivity index (χ0) is 13.9. The van der Waals surface area contributed by atoms with E-state index in [0.717, 1.165) is 19.5 Å². The molecule has 1 aliphatic heterocycles. The summed E-state index contributed by atoms with van der Waals surface area (Å²) in [5.74, 6) is -0.459. The van der Waals surface area contributed by atoms with Gasteiger partial charge in [-0.2, -0.15) is 0 Å². The van der Waals surface area contributed by atoms with Crippen LogP contribution in [0.25, 0.3) is 0 Å². The highest BCUT2D eigenvalue weighted by molar-refractivity contribution is 5.85. The van der Waals surface area contributed by atoms with Crippen molar-refractivity contribution in [3.63, 3.8) is 0 Å². The molecule has 0 aromatic heterocycles. The largest absolute Gasteiger partial charge is 0.458 e. The number of hydrogen-bond acceptors (Lipinski definition) is 4. The fraction of sp³-hybridized carbons (Fsp3) is 0.846. The average Bonchev–Trinajstić information content (AvgIpc) is 2.62. The van der Waals surface area contributed by atoms with E-state index in [0.29, 0.717) is 0 Å². The van der Waals surface area contributed by atoms with Crippen molar-refractivity contribution in [2.75, 3.05) is 20.1 Å². The van der Waals surface area contributed by atoms with Gasteiger partial charge in [0.25, 0.3) is 0 Å². The maximum Gasteiger partial charge on any atom is 0.328 e. The molecule has 1 amide bonds. The van der Waals surface area contributed by atoms with E-state index in [1.54, 1.807) is 6.92 Å². The number of rotatable bonds is 3. The first-order valence-electron chi connectivity index (χ1n) is 6.41. The predicted octanol–water partition coefficient (Wildman–Crippen LogP) is 0.785. The first kappa shape index (κ1) is 15.0. The van der Waals surface area contributed by atoms with Crippen LogP contribution in [0, 0.1) is 5.92 Å². The van der Waals surface area contributed by atoms with E-state index in [-0.39, 0.29) is 17.8 Å². The van der Waals surface area contributed by atoms with E-state index in [1.165, 1.54) is 0 Å². The van der Waals surface area contributed by atoms with Gasteiger partial charge in [0.05, 0.1) is 5.92 Å². The molecule has 5 nitrogen and oxygen atoms in total. The van der Waals surface area contributed by atoms with Crippen molar-refractivity contribution < 1.29 is 14.3 Å². The minimum Gasteiger partial charge on any atom is -0.458 e. The molecule has 1 heterocycles. The molecule has 0 bridgehead atoms. The molecule has 18 heavy (non-hydrogen) atoms. The minimum absolute atomic E-state index is 0.0140. The van der Waals surface area contributed by atoms with Gasteiger partial charge in [-0.25, -0.2) is 4.79 Å². The van der Waals surface area contributed by atoms with Gasteiger partial charge >= 0.3 is 5.97 Å². The summed E-state index contributed by atoms with van der Waals surface area (Å²) in [5, 5.41) is 2.72. The Morgan fingerprint density at radius 3 is 2.44 bits per heavy atom. The fourth-order valence-electron chi connectivity index (χ4n) is 1.93. The first-order valence-corrected chi connectivity index (χ1v) is 6.41. The third-order valence-corrected chi connectivity index (χ3v) is 2.88. The number of carbonyl (C=O) groups is 2. The molecule has 1 rings (SSSR count). The van der Waals surface area contributed by atoms with E-state index in [1.807, 2.05) is 27.8 Å². The summed E-state index contributed by atoms with van der Waals surface area (Å²) in [5.41, 5.74) is -0.524. The van der Waals surface area contributed by atoms with Crippen molar-refractivity contribution in [1.82, 2.24) is 10.2 Å². The molecule has 2 atom stereocenters. The lowest BCUT2D eigenvalue weighted by atomic mass is 10.1. The van der Waals surface area contributed by atoms with E-state index >= 15 is 0 Å². The number of carbonyl (C=O) groups excluding carboxylic acids is 2. The summed E-state index contributed by atoms with van der Waals surface area (Å²) in [4.78, 5) is 25.8. The van der Waals surface area contributed by atoms with E-state index in [2.05, 4.69) is 10.2 Å². The second-order valence-corrected chi connectivity index (χ2v) is 6.01. The van der Waals surface area contributed by atoms with Gasteiger partial charge in [-0.05, 0) is 47.7 Å². The smallest absolute Gasteiger partial charge is 0.328 e. The van der Waals surface area contributed by atoms with Crippen molar-refractivity contribution in [2.24, 2.45) is 5.92 Å². The monoisotopic (exact) mass is 256 g/mol. The van der Waals surface area contributed by atoms with Gasteiger partial charge < -0.3 is 15.0 Å². The number of ether oxygens (including phenoxy) is 1. The van der Waals surface area contributed by atoms with Crippen LogP contribution in [0.1, 0.15) is 34.1 Å². The van der Waals surface area contributed by atoms with Crippen LogP contribution in [0.4, 0.5) is 0 Å². The molecular formula is C13H24N2O3. The molecule has 1 N–H and O–H groups in total. The van der Waals surface area contributed by atoms with Gasteiger partial charge in [-0.15, -0.1) is 0 Å². The Balaban J connectivity index is 2.42. The molecular weight excluding hydrogens is 232 g/mol. The second kappa shape index (κ2) is 5.69. The van der Waals surface area contributed by atoms with Gasteiger partial charge in [-0.3, -0.25) is 4.79 Å². The molecule has 0 aliphatic carbocycles. The van der Waals surface area contributed by atoms with Crippen LogP contribution in [-0.2, 0) is 14.3 Å². The van der Waals surface area contributed by atoms with Crippen molar-refractivity contribution in [2.45, 2.75) is 45.8 Å². The van der Waals surface area contributed by atoms with Gasteiger partial charge in [0, 0.05) is 6.54 Å². The van der Waals surface area contributed by atoms with Crippen LogP contribution >= 0.6 is 0 Å². The Kier molecular flexibility index (Phi) is 4.73. The Bertz CT molecular complexity index is 323. The van der Waals surface area contributed by atoms with Gasteiger partial charge in [0.1, 0.15) is 11.6 Å². The lowest BCUT2D eigenvalue weighted by molar-refractivity contribution is -0.158. The van der Waals surface area contributed by atoms with Gasteiger partial charge in [0.2, 0.25) is 5.91 Å². The van der Waals surface area contributed by atoms with E-state index in [9.17, 15) is 9.59 Å². The summed E-state index contributed by atoms with van der Waals surface area (Å²) < 4.78 is 5.22. The highest BCUT2D eigenvalue weighted by Crippen LogP contribution is 2.15. The van der Waals surface area contributed by atoms with Crippen molar-refractivity contribution in [3.05, 3.63) is 0 Å². The molecule has 1 saturated heterocycles. The summed E-state index contributed by atoms with van der Waals surface area (Å²) in [6, 6.07) is -0.595. The Morgan fingerprint density at radius 2 is 2.00 bits per heavy atom. The lowest BCUT2D eigenvalue weighted by Crippen LogP contribution is -2.44. The summed E-state index contributed by atoms with van der Waals surface area (Å²) in [7, 11) is 1.99. The first-order chi connectivity index (χ1) is 8.19. The molecule has 0 aromatic rings. The summed E-state index contributed by atoms with van der Waals surface area (Å²) >= 11 is 0. The summed E-state index contributed by atoms with van der Waals surface area (Å²) in [6.07, 6.45) is 0.851. The number of nitrogens with one attached hydrogen (secondary N) is 1. The molecule has 1 aliphatic rings. The fourth-order valence-corrected chi connectivity index (χ4v) is 1.93. The zero-order valence-electron chi connectivity index (χ0n) is 11.9. The van der Waals surface area contributed by atoms with Crippen LogP contribution in [0.3, 0.4) is 0 Å². The molecule has 104 valence electrons. The van der Waals surface area contributed by atoms with Crippen LogP contribution in [0.15, 0.2) is 0 Å². The quantitative estimate of drug-likeness (QED) is 0.758. The molecule has 0 radical (unpaired) electrons. The predicted molar refractivity (Wildman–Crippen MR) is 69.1 cm³/mol. The number of likely N-dealkylation sites (tertiary alicyclic amines) is 1. The minimum atomic E-state index is -0.595. The SMILES string of the molecule is C[C@H](NC(=O)C1CCN(C)C1)C(=O)OC(C)(C)C. The van der Waals surface area contributed by atoms with Crippen LogP contribution < -0.4 is 5.32 Å². The Morgan fingerprint density at radius 1 is 1.39 bits per heavy atom. The number of amides is 1. The second-order valence-electron chi connectivity index (χ2n) is 6.01. The van der Waals surface area contributed by atoms with Gasteiger partial charge in [0.15, 0.2) is 0 Å². The van der Waals surface area contributed by atoms with Crippen molar-refractivity contribution in [3.8, 4) is 0 Å². The summed E-state index contributed by atoms with van der Waals surface area (Å²) in [6.45, 7) is 8.78. The number of hydrogen-bond donors (Lipinski definition) is 1. The Labute approximate surface area is 109 Å². The molecule has 1 fully saturated rings. The lowest BCUT2D eigenvalue weighted by Gasteiger charge is -2.23. The highest BCUT2D eigenvalue weighted by Gasteiger charge is 2.29. The zero-order valence-corrected chi connectivity index (χ0v) is 11.9. The van der Waals surface area contributed by atoms with E-state index in [4.69, 9.17) is 4.74 Å². The Hall–Kier alpha value is -1.10. The maximum atomic E-state index is 11.9. The standard InChI is InChI=1S/C13H24N2O3/c1-9(12(17)18-13(2,3)4)14-11(16)10-6-7-15(5)8-10/h9-10H,6-8H2,1-5H3,(H,14,16)/t9-,10?/m0/s1. The topological polar surface area (TPSA) is 58.6 Å². The molecule has 0 spiro atoms. The van der Waals surface area contributed by atoms with Crippen molar-refractivity contribution in [1.29, 1.82) is 0 Å². The highest BCUT2D eigenvalue weighted by atomic mass is 16.6. The number of esters is 1. The van der Waals surface area contributed by atoms with Gasteiger partial charge in [-0.1, -0.05) is 0 Å². The van der Waals surface area contributed by atoms with Crippen LogP contribution in [0.5, 0.6) is 0 Å². The van der Waals surface area contributed by atoms with Crippen LogP contribution in [0.2, 0.25) is 0 Å². The van der Waals surface area contributed by atoms with Crippen molar-refractivity contribution >= 4 is 11.9 Å². The van der Waals surface area contributed by atoms with E-state index < -0.39 is 11.6 Å². The average molecular weight is 256 g/mol. The molecule has 0 saturated carbocycles.